The van der Waals surface area contributed by atoms with Gasteiger partial charge in [0, 0.05) is 17.8 Å². The quantitative estimate of drug-likeness (QED) is 0.612. The number of ether oxygens (including phenoxy) is 2. The van der Waals surface area contributed by atoms with Crippen molar-refractivity contribution >= 4 is 5.97 Å². The first-order chi connectivity index (χ1) is 12.2. The Bertz CT molecular complexity index is 819. The van der Waals surface area contributed by atoms with Crippen molar-refractivity contribution in [1.29, 1.82) is 0 Å². The van der Waals surface area contributed by atoms with Gasteiger partial charge < -0.3 is 9.47 Å². The summed E-state index contributed by atoms with van der Waals surface area (Å²) >= 11 is 0. The fourth-order valence-electron chi connectivity index (χ4n) is 2.43. The van der Waals surface area contributed by atoms with E-state index in [1.807, 2.05) is 73.7 Å². The number of nitrogens with zero attached hydrogens (tertiary/aromatic N) is 1. The van der Waals surface area contributed by atoms with E-state index < -0.39 is 5.92 Å². The van der Waals surface area contributed by atoms with Gasteiger partial charge in [-0.15, -0.1) is 0 Å². The zero-order valence-corrected chi connectivity index (χ0v) is 14.0. The van der Waals surface area contributed by atoms with Crippen LogP contribution in [-0.2, 0) is 16.1 Å². The summed E-state index contributed by atoms with van der Waals surface area (Å²) in [4.78, 5) is 16.6. The van der Waals surface area contributed by atoms with Gasteiger partial charge in [-0.3, -0.25) is 4.79 Å². The number of benzene rings is 2. The Labute approximate surface area is 147 Å². The standard InChI is InChI=1S/C21H19NO3/c1-16(21(23)24-15-17-9-3-2-4-10-17)18-11-5-6-12-19(18)25-20-13-7-8-14-22-20/h2-14,16H,15H2,1H3. The topological polar surface area (TPSA) is 48.4 Å². The zero-order valence-electron chi connectivity index (χ0n) is 14.0. The summed E-state index contributed by atoms with van der Waals surface area (Å²) in [5.41, 5.74) is 1.73. The number of hydrogen-bond donors (Lipinski definition) is 0. The lowest BCUT2D eigenvalue weighted by atomic mass is 10.0. The van der Waals surface area contributed by atoms with Crippen LogP contribution in [0.25, 0.3) is 0 Å². The molecule has 0 radical (unpaired) electrons. The molecule has 0 aliphatic heterocycles. The number of hydrogen-bond acceptors (Lipinski definition) is 4. The highest BCUT2D eigenvalue weighted by Crippen LogP contribution is 2.30. The predicted octanol–water partition coefficient (Wildman–Crippen LogP) is 4.72. The van der Waals surface area contributed by atoms with Gasteiger partial charge in [-0.05, 0) is 24.6 Å². The summed E-state index contributed by atoms with van der Waals surface area (Å²) in [5, 5.41) is 0. The van der Waals surface area contributed by atoms with Crippen molar-refractivity contribution in [2.45, 2.75) is 19.4 Å². The Kier molecular flexibility index (Phi) is 5.42. The van der Waals surface area contributed by atoms with E-state index in [0.717, 1.165) is 11.1 Å². The van der Waals surface area contributed by atoms with E-state index >= 15 is 0 Å². The minimum Gasteiger partial charge on any atom is -0.460 e. The van der Waals surface area contributed by atoms with Gasteiger partial charge in [-0.25, -0.2) is 4.98 Å². The molecule has 1 heterocycles. The molecule has 4 nitrogen and oxygen atoms in total. The number of carbonyl (C=O) groups is 1. The Balaban J connectivity index is 1.71. The van der Waals surface area contributed by atoms with E-state index in [1.165, 1.54) is 0 Å². The Morgan fingerprint density at radius 3 is 2.44 bits per heavy atom. The van der Waals surface area contributed by atoms with Crippen LogP contribution in [0.3, 0.4) is 0 Å². The van der Waals surface area contributed by atoms with Crippen molar-refractivity contribution < 1.29 is 14.3 Å². The third-order valence-corrected chi connectivity index (χ3v) is 3.82. The van der Waals surface area contributed by atoms with Gasteiger partial charge in [0.15, 0.2) is 0 Å². The fraction of sp³-hybridized carbons (Fsp3) is 0.143. The lowest BCUT2D eigenvalue weighted by Crippen LogP contribution is -2.14. The van der Waals surface area contributed by atoms with Crippen molar-refractivity contribution in [3.63, 3.8) is 0 Å². The van der Waals surface area contributed by atoms with Gasteiger partial charge >= 0.3 is 5.97 Å². The molecule has 0 aliphatic carbocycles. The molecule has 0 N–H and O–H groups in total. The van der Waals surface area contributed by atoms with Gasteiger partial charge in [-0.1, -0.05) is 54.6 Å². The molecule has 0 spiro atoms. The number of carbonyl (C=O) groups excluding carboxylic acids is 1. The van der Waals surface area contributed by atoms with Gasteiger partial charge in [0.25, 0.3) is 0 Å². The molecule has 0 saturated carbocycles. The second-order valence-electron chi connectivity index (χ2n) is 5.62. The molecule has 0 amide bonds. The minimum absolute atomic E-state index is 0.257. The van der Waals surface area contributed by atoms with Gasteiger partial charge in [0.2, 0.25) is 5.88 Å². The van der Waals surface area contributed by atoms with Crippen LogP contribution in [0.2, 0.25) is 0 Å². The third-order valence-electron chi connectivity index (χ3n) is 3.82. The van der Waals surface area contributed by atoms with E-state index in [1.54, 1.807) is 12.3 Å². The largest absolute Gasteiger partial charge is 0.460 e. The van der Waals surface area contributed by atoms with Crippen LogP contribution in [0.4, 0.5) is 0 Å². The second kappa shape index (κ2) is 8.11. The van der Waals surface area contributed by atoms with Crippen LogP contribution in [0, 0.1) is 0 Å². The SMILES string of the molecule is CC(C(=O)OCc1ccccc1)c1ccccc1Oc1ccccn1. The van der Waals surface area contributed by atoms with Crippen LogP contribution >= 0.6 is 0 Å². The maximum Gasteiger partial charge on any atom is 0.313 e. The first-order valence-corrected chi connectivity index (χ1v) is 8.12. The van der Waals surface area contributed by atoms with Crippen LogP contribution in [0.1, 0.15) is 24.0 Å². The Hall–Kier alpha value is -3.14. The molecule has 3 aromatic rings. The average Bonchev–Trinajstić information content (AvgIpc) is 2.67. The Morgan fingerprint density at radius 2 is 1.68 bits per heavy atom. The molecule has 2 aromatic carbocycles. The van der Waals surface area contributed by atoms with Crippen LogP contribution in [0.5, 0.6) is 11.6 Å². The molecule has 1 unspecified atom stereocenters. The van der Waals surface area contributed by atoms with Crippen LogP contribution < -0.4 is 4.74 Å². The molecule has 0 bridgehead atoms. The average molecular weight is 333 g/mol. The highest BCUT2D eigenvalue weighted by Gasteiger charge is 2.21. The molecule has 126 valence electrons. The smallest absolute Gasteiger partial charge is 0.313 e. The maximum atomic E-state index is 12.4. The van der Waals surface area contributed by atoms with Crippen molar-refractivity contribution in [1.82, 2.24) is 4.98 Å². The molecule has 0 saturated heterocycles. The molecule has 3 rings (SSSR count). The monoisotopic (exact) mass is 333 g/mol. The molecule has 1 atom stereocenters. The molecule has 1 aromatic heterocycles. The second-order valence-corrected chi connectivity index (χ2v) is 5.62. The molecule has 0 fully saturated rings. The number of para-hydroxylation sites is 1. The summed E-state index contributed by atoms with van der Waals surface area (Å²) < 4.78 is 11.3. The fourth-order valence-corrected chi connectivity index (χ4v) is 2.43. The van der Waals surface area contributed by atoms with E-state index in [2.05, 4.69) is 4.98 Å². The van der Waals surface area contributed by atoms with E-state index in [4.69, 9.17) is 9.47 Å². The summed E-state index contributed by atoms with van der Waals surface area (Å²) in [5.74, 6) is 0.356. The molecule has 25 heavy (non-hydrogen) atoms. The van der Waals surface area contributed by atoms with Crippen molar-refractivity contribution in [2.24, 2.45) is 0 Å². The van der Waals surface area contributed by atoms with Crippen molar-refractivity contribution in [3.05, 3.63) is 90.1 Å². The Morgan fingerprint density at radius 1 is 0.960 bits per heavy atom. The first-order valence-electron chi connectivity index (χ1n) is 8.12. The normalized spacial score (nSPS) is 11.6. The number of esters is 1. The van der Waals surface area contributed by atoms with Gasteiger partial charge in [0.05, 0.1) is 5.92 Å². The van der Waals surface area contributed by atoms with Crippen LogP contribution in [-0.4, -0.2) is 11.0 Å². The first kappa shape index (κ1) is 16.7. The number of pyridine rings is 1. The zero-order chi connectivity index (χ0) is 17.5. The number of rotatable bonds is 6. The van der Waals surface area contributed by atoms with E-state index in [9.17, 15) is 4.79 Å². The lowest BCUT2D eigenvalue weighted by Gasteiger charge is -2.16. The minimum atomic E-state index is -0.441. The molecule has 0 aliphatic rings. The molecular formula is C21H19NO3. The van der Waals surface area contributed by atoms with Gasteiger partial charge in [0.1, 0.15) is 12.4 Å². The van der Waals surface area contributed by atoms with Crippen molar-refractivity contribution in [2.75, 3.05) is 0 Å². The summed E-state index contributed by atoms with van der Waals surface area (Å²) in [6, 6.07) is 22.5. The summed E-state index contributed by atoms with van der Waals surface area (Å²) in [6.45, 7) is 2.07. The highest BCUT2D eigenvalue weighted by atomic mass is 16.5. The lowest BCUT2D eigenvalue weighted by molar-refractivity contribution is -0.146. The third kappa shape index (κ3) is 4.44. The molecule has 4 heteroatoms. The highest BCUT2D eigenvalue weighted by molar-refractivity contribution is 5.78. The van der Waals surface area contributed by atoms with Gasteiger partial charge in [-0.2, -0.15) is 0 Å². The van der Waals surface area contributed by atoms with Crippen molar-refractivity contribution in [3.8, 4) is 11.6 Å². The summed E-state index contributed by atoms with van der Waals surface area (Å²) in [6.07, 6.45) is 1.66. The predicted molar refractivity (Wildman–Crippen MR) is 95.4 cm³/mol. The number of aromatic nitrogens is 1. The maximum absolute atomic E-state index is 12.4. The van der Waals surface area contributed by atoms with E-state index in [0.29, 0.717) is 11.6 Å². The molecular weight excluding hydrogens is 314 g/mol. The van der Waals surface area contributed by atoms with E-state index in [-0.39, 0.29) is 12.6 Å². The summed E-state index contributed by atoms with van der Waals surface area (Å²) in [7, 11) is 0. The van der Waals surface area contributed by atoms with Crippen LogP contribution in [0.15, 0.2) is 79.0 Å².